The van der Waals surface area contributed by atoms with Crippen molar-refractivity contribution >= 4 is 23.0 Å². The number of fused-ring (bicyclic) bond motifs is 1. The lowest BCUT2D eigenvalue weighted by molar-refractivity contribution is -0.114. The Kier molecular flexibility index (Phi) is 4.66. The van der Waals surface area contributed by atoms with Crippen molar-refractivity contribution in [2.75, 3.05) is 24.7 Å². The van der Waals surface area contributed by atoms with Gasteiger partial charge in [-0.25, -0.2) is 0 Å². The molecule has 27 heavy (non-hydrogen) atoms. The number of carbonyl (C=O) groups is 2. The minimum Gasteiger partial charge on any atom is -0.291 e. The number of anilines is 1. The van der Waals surface area contributed by atoms with Crippen molar-refractivity contribution < 1.29 is 9.59 Å². The van der Waals surface area contributed by atoms with E-state index in [1.165, 1.54) is 11.1 Å². The van der Waals surface area contributed by atoms with E-state index < -0.39 is 5.91 Å². The quantitative estimate of drug-likeness (QED) is 0.771. The molecule has 2 aromatic rings. The van der Waals surface area contributed by atoms with E-state index in [4.69, 9.17) is 0 Å². The van der Waals surface area contributed by atoms with Crippen molar-refractivity contribution in [2.24, 2.45) is 0 Å². The summed E-state index contributed by atoms with van der Waals surface area (Å²) in [6.07, 6.45) is 3.17. The van der Waals surface area contributed by atoms with Crippen LogP contribution < -0.4 is 4.90 Å². The van der Waals surface area contributed by atoms with E-state index in [9.17, 15) is 9.59 Å². The average molecular weight is 360 g/mol. The fourth-order valence-electron chi connectivity index (χ4n) is 3.77. The summed E-state index contributed by atoms with van der Waals surface area (Å²) >= 11 is 0. The number of nitrogens with zero attached hydrogens (tertiary/aromatic N) is 2. The van der Waals surface area contributed by atoms with Crippen LogP contribution >= 0.6 is 0 Å². The highest BCUT2D eigenvalue weighted by atomic mass is 16.2. The van der Waals surface area contributed by atoms with Gasteiger partial charge in [-0.05, 0) is 41.2 Å². The Balaban J connectivity index is 1.51. The largest absolute Gasteiger partial charge is 0.300 e. The molecule has 2 heterocycles. The van der Waals surface area contributed by atoms with Crippen LogP contribution in [-0.4, -0.2) is 36.3 Å². The van der Waals surface area contributed by atoms with Crippen molar-refractivity contribution in [2.45, 2.75) is 26.2 Å². The zero-order valence-corrected chi connectivity index (χ0v) is 15.8. The molecule has 0 fully saturated rings. The van der Waals surface area contributed by atoms with Crippen molar-refractivity contribution in [1.29, 1.82) is 0 Å². The van der Waals surface area contributed by atoms with Gasteiger partial charge in [-0.3, -0.25) is 19.4 Å². The third kappa shape index (κ3) is 3.33. The topological polar surface area (TPSA) is 40.6 Å². The van der Waals surface area contributed by atoms with Crippen LogP contribution in [0.2, 0.25) is 0 Å². The lowest BCUT2D eigenvalue weighted by Gasteiger charge is -2.30. The molecular formula is C23H24N2O2. The summed E-state index contributed by atoms with van der Waals surface area (Å²) in [6, 6.07) is 16.2. The summed E-state index contributed by atoms with van der Waals surface area (Å²) < 4.78 is 0. The zero-order chi connectivity index (χ0) is 19.0. The van der Waals surface area contributed by atoms with Gasteiger partial charge in [0.05, 0.1) is 17.9 Å². The summed E-state index contributed by atoms with van der Waals surface area (Å²) in [5, 5.41) is 0. The highest BCUT2D eigenvalue weighted by Crippen LogP contribution is 2.32. The standard InChI is InChI=1S/C23H24N2O2/c1-16(2)19-8-9-21-20(14-19)22(26)23(27)25(21)15-24-12-10-18(11-13-24)17-6-4-3-5-7-17/h3-10,14,16H,11-13,15H2,1-2H3. The molecule has 0 aromatic heterocycles. The van der Waals surface area contributed by atoms with Crippen LogP contribution in [-0.2, 0) is 4.79 Å². The summed E-state index contributed by atoms with van der Waals surface area (Å²) in [7, 11) is 0. The van der Waals surface area contributed by atoms with Gasteiger partial charge in [-0.15, -0.1) is 0 Å². The number of ketones is 1. The maximum absolute atomic E-state index is 12.5. The van der Waals surface area contributed by atoms with E-state index in [0.29, 0.717) is 18.2 Å². The fraction of sp³-hybridized carbons (Fsp3) is 0.304. The van der Waals surface area contributed by atoms with Crippen LogP contribution in [0.1, 0.15) is 47.7 Å². The molecule has 2 aliphatic heterocycles. The van der Waals surface area contributed by atoms with Gasteiger partial charge in [0, 0.05) is 13.1 Å². The Morgan fingerprint density at radius 1 is 1.04 bits per heavy atom. The normalized spacial score (nSPS) is 17.4. The van der Waals surface area contributed by atoms with E-state index in [-0.39, 0.29) is 5.78 Å². The Labute approximate surface area is 160 Å². The predicted molar refractivity (Wildman–Crippen MR) is 108 cm³/mol. The molecule has 0 N–H and O–H groups in total. The van der Waals surface area contributed by atoms with Crippen LogP contribution in [0.4, 0.5) is 5.69 Å². The summed E-state index contributed by atoms with van der Waals surface area (Å²) in [4.78, 5) is 28.8. The maximum atomic E-state index is 12.5. The number of hydrogen-bond donors (Lipinski definition) is 0. The van der Waals surface area contributed by atoms with Crippen LogP contribution in [0, 0.1) is 0 Å². The average Bonchev–Trinajstić information content (AvgIpc) is 2.93. The third-order valence-electron chi connectivity index (χ3n) is 5.44. The predicted octanol–water partition coefficient (Wildman–Crippen LogP) is 4.09. The molecule has 2 aliphatic rings. The summed E-state index contributed by atoms with van der Waals surface area (Å²) in [6.45, 7) is 6.28. The molecule has 0 atom stereocenters. The van der Waals surface area contributed by atoms with E-state index in [0.717, 1.165) is 30.8 Å². The van der Waals surface area contributed by atoms with Crippen molar-refractivity contribution in [3.63, 3.8) is 0 Å². The SMILES string of the molecule is CC(C)c1ccc2c(c1)C(=O)C(=O)N2CN1CC=C(c2ccccc2)CC1. The second-order valence-corrected chi connectivity index (χ2v) is 7.56. The first-order valence-corrected chi connectivity index (χ1v) is 9.51. The van der Waals surface area contributed by atoms with Crippen LogP contribution in [0.15, 0.2) is 54.6 Å². The number of Topliss-reactive ketones (excluding diaryl/α,β-unsaturated/α-hetero) is 1. The van der Waals surface area contributed by atoms with Crippen molar-refractivity contribution in [1.82, 2.24) is 4.90 Å². The zero-order valence-electron chi connectivity index (χ0n) is 15.8. The van der Waals surface area contributed by atoms with E-state index >= 15 is 0 Å². The Morgan fingerprint density at radius 3 is 2.48 bits per heavy atom. The first-order chi connectivity index (χ1) is 13.0. The van der Waals surface area contributed by atoms with Gasteiger partial charge in [0.2, 0.25) is 0 Å². The molecular weight excluding hydrogens is 336 g/mol. The van der Waals surface area contributed by atoms with E-state index in [1.54, 1.807) is 4.90 Å². The Hall–Kier alpha value is -2.72. The maximum Gasteiger partial charge on any atom is 0.300 e. The molecule has 2 aromatic carbocycles. The Bertz CT molecular complexity index is 915. The van der Waals surface area contributed by atoms with Gasteiger partial charge in [-0.1, -0.05) is 56.3 Å². The molecule has 0 spiro atoms. The number of rotatable bonds is 4. The molecule has 0 bridgehead atoms. The lowest BCUT2D eigenvalue weighted by Crippen LogP contribution is -2.42. The second-order valence-electron chi connectivity index (χ2n) is 7.56. The van der Waals surface area contributed by atoms with E-state index in [1.807, 2.05) is 24.3 Å². The van der Waals surface area contributed by atoms with Crippen LogP contribution in [0.25, 0.3) is 5.57 Å². The number of carbonyl (C=O) groups excluding carboxylic acids is 2. The van der Waals surface area contributed by atoms with Crippen LogP contribution in [0.3, 0.4) is 0 Å². The molecule has 0 saturated carbocycles. The molecule has 0 radical (unpaired) electrons. The van der Waals surface area contributed by atoms with Gasteiger partial charge >= 0.3 is 5.91 Å². The Morgan fingerprint density at radius 2 is 1.81 bits per heavy atom. The van der Waals surface area contributed by atoms with Gasteiger partial charge in [0.15, 0.2) is 0 Å². The monoisotopic (exact) mass is 360 g/mol. The molecule has 0 unspecified atom stereocenters. The van der Waals surface area contributed by atoms with E-state index in [2.05, 4.69) is 49.1 Å². The highest BCUT2D eigenvalue weighted by Gasteiger charge is 2.37. The van der Waals surface area contributed by atoms with Gasteiger partial charge < -0.3 is 0 Å². The molecule has 0 aliphatic carbocycles. The first-order valence-electron chi connectivity index (χ1n) is 9.51. The molecule has 1 amide bonds. The van der Waals surface area contributed by atoms with Crippen LogP contribution in [0.5, 0.6) is 0 Å². The second kappa shape index (κ2) is 7.12. The molecule has 4 heteroatoms. The summed E-state index contributed by atoms with van der Waals surface area (Å²) in [5.74, 6) is -0.468. The minimum atomic E-state index is -0.413. The molecule has 138 valence electrons. The fourth-order valence-corrected chi connectivity index (χ4v) is 3.77. The molecule has 4 rings (SSSR count). The number of amides is 1. The molecule has 4 nitrogen and oxygen atoms in total. The minimum absolute atomic E-state index is 0.330. The molecule has 0 saturated heterocycles. The van der Waals surface area contributed by atoms with Gasteiger partial charge in [0.25, 0.3) is 5.78 Å². The first kappa shape index (κ1) is 17.7. The number of benzene rings is 2. The number of hydrogen-bond acceptors (Lipinski definition) is 3. The van der Waals surface area contributed by atoms with Crippen molar-refractivity contribution in [3.8, 4) is 0 Å². The third-order valence-corrected chi connectivity index (χ3v) is 5.44. The highest BCUT2D eigenvalue weighted by molar-refractivity contribution is 6.52. The summed E-state index contributed by atoms with van der Waals surface area (Å²) in [5.41, 5.74) is 4.98. The lowest BCUT2D eigenvalue weighted by atomic mass is 9.99. The van der Waals surface area contributed by atoms with Gasteiger partial charge in [0.1, 0.15) is 0 Å². The smallest absolute Gasteiger partial charge is 0.291 e. The van der Waals surface area contributed by atoms with Crippen molar-refractivity contribution in [3.05, 3.63) is 71.3 Å². The van der Waals surface area contributed by atoms with Gasteiger partial charge in [-0.2, -0.15) is 0 Å².